The van der Waals surface area contributed by atoms with E-state index in [0.717, 1.165) is 24.1 Å². The number of hydrogen-bond donors (Lipinski definition) is 2. The minimum absolute atomic E-state index is 0.230. The lowest BCUT2D eigenvalue weighted by Crippen LogP contribution is -2.36. The first-order valence-corrected chi connectivity index (χ1v) is 8.99. The van der Waals surface area contributed by atoms with Crippen LogP contribution >= 0.6 is 11.3 Å². The fourth-order valence-electron chi connectivity index (χ4n) is 3.13. The Morgan fingerprint density at radius 2 is 1.83 bits per heavy atom. The van der Waals surface area contributed by atoms with Gasteiger partial charge in [0.1, 0.15) is 0 Å². The number of nitrogens with one attached hydrogen (secondary N) is 1. The van der Waals surface area contributed by atoms with Gasteiger partial charge in [-0.3, -0.25) is 9.59 Å². The molecule has 0 spiro atoms. The third kappa shape index (κ3) is 3.64. The number of thiazole rings is 1. The molecule has 0 radical (unpaired) electrons. The Morgan fingerprint density at radius 1 is 1.17 bits per heavy atom. The molecule has 0 aliphatic heterocycles. The first-order valence-electron chi connectivity index (χ1n) is 8.11. The molecule has 2 aromatic rings. The normalized spacial score (nSPS) is 20.5. The van der Waals surface area contributed by atoms with Crippen LogP contribution in [-0.2, 0) is 9.59 Å². The highest BCUT2D eigenvalue weighted by Crippen LogP contribution is 2.32. The van der Waals surface area contributed by atoms with E-state index in [1.807, 2.05) is 36.6 Å². The number of rotatable bonds is 4. The zero-order chi connectivity index (χ0) is 17.1. The molecule has 0 bridgehead atoms. The van der Waals surface area contributed by atoms with E-state index >= 15 is 0 Å². The van der Waals surface area contributed by atoms with Crippen molar-refractivity contribution in [3.05, 3.63) is 35.2 Å². The van der Waals surface area contributed by atoms with Crippen molar-refractivity contribution in [2.24, 2.45) is 11.8 Å². The standard InChI is InChI=1S/C18H20N2O3S/c1-11-6-8-12(9-7-11)15-10-24-18(19-15)20-16(21)13-4-2-3-5-14(13)17(22)23/h6-10,13-14H,2-5H2,1H3,(H,22,23)(H,19,20,21)/t13-,14-/m0/s1. The number of aryl methyl sites for hydroxylation is 1. The van der Waals surface area contributed by atoms with E-state index in [0.29, 0.717) is 18.0 Å². The van der Waals surface area contributed by atoms with Crippen molar-refractivity contribution in [1.82, 2.24) is 4.98 Å². The molecule has 1 aliphatic carbocycles. The second-order valence-corrected chi connectivity index (χ2v) is 7.09. The number of anilines is 1. The Balaban J connectivity index is 1.70. The van der Waals surface area contributed by atoms with Crippen LogP contribution < -0.4 is 5.32 Å². The van der Waals surface area contributed by atoms with Gasteiger partial charge in [-0.05, 0) is 19.8 Å². The van der Waals surface area contributed by atoms with Crippen molar-refractivity contribution in [3.63, 3.8) is 0 Å². The van der Waals surface area contributed by atoms with E-state index in [9.17, 15) is 14.7 Å². The van der Waals surface area contributed by atoms with Crippen LogP contribution in [0.25, 0.3) is 11.3 Å². The summed E-state index contributed by atoms with van der Waals surface area (Å²) in [5.41, 5.74) is 2.99. The molecule has 1 aliphatic rings. The highest BCUT2D eigenvalue weighted by molar-refractivity contribution is 7.14. The van der Waals surface area contributed by atoms with Crippen LogP contribution in [0.1, 0.15) is 31.2 Å². The second kappa shape index (κ2) is 7.13. The molecule has 1 fully saturated rings. The number of aliphatic carboxylic acids is 1. The van der Waals surface area contributed by atoms with Crippen molar-refractivity contribution in [2.75, 3.05) is 5.32 Å². The monoisotopic (exact) mass is 344 g/mol. The molecule has 1 aromatic carbocycles. The van der Waals surface area contributed by atoms with Crippen LogP contribution in [0.3, 0.4) is 0 Å². The topological polar surface area (TPSA) is 79.3 Å². The Hall–Kier alpha value is -2.21. The summed E-state index contributed by atoms with van der Waals surface area (Å²) in [6, 6.07) is 8.04. The molecule has 1 saturated carbocycles. The summed E-state index contributed by atoms with van der Waals surface area (Å²) >= 11 is 1.36. The van der Waals surface area contributed by atoms with Gasteiger partial charge < -0.3 is 10.4 Å². The lowest BCUT2D eigenvalue weighted by Gasteiger charge is -2.26. The Bertz CT molecular complexity index is 739. The van der Waals surface area contributed by atoms with E-state index in [-0.39, 0.29) is 5.91 Å². The minimum Gasteiger partial charge on any atom is -0.481 e. The number of benzene rings is 1. The highest BCUT2D eigenvalue weighted by Gasteiger charge is 2.35. The zero-order valence-electron chi connectivity index (χ0n) is 13.5. The number of carbonyl (C=O) groups excluding carboxylic acids is 1. The Labute approximate surface area is 144 Å². The molecular weight excluding hydrogens is 324 g/mol. The predicted molar refractivity (Wildman–Crippen MR) is 94.0 cm³/mol. The average molecular weight is 344 g/mol. The van der Waals surface area contributed by atoms with Crippen LogP contribution in [0.2, 0.25) is 0 Å². The molecule has 0 saturated heterocycles. The molecule has 1 heterocycles. The molecular formula is C18H20N2O3S. The van der Waals surface area contributed by atoms with Crippen molar-refractivity contribution < 1.29 is 14.7 Å². The lowest BCUT2D eigenvalue weighted by molar-refractivity contribution is -0.147. The van der Waals surface area contributed by atoms with Crippen LogP contribution in [0.5, 0.6) is 0 Å². The maximum absolute atomic E-state index is 12.5. The Kier molecular flexibility index (Phi) is 4.94. The summed E-state index contributed by atoms with van der Waals surface area (Å²) in [5.74, 6) is -2.17. The molecule has 1 aromatic heterocycles. The number of hydrogen-bond acceptors (Lipinski definition) is 4. The second-order valence-electron chi connectivity index (χ2n) is 6.23. The average Bonchev–Trinajstić information content (AvgIpc) is 3.04. The maximum Gasteiger partial charge on any atom is 0.307 e. The van der Waals surface area contributed by atoms with Gasteiger partial charge in [0.15, 0.2) is 5.13 Å². The van der Waals surface area contributed by atoms with Gasteiger partial charge in [0.05, 0.1) is 17.5 Å². The third-order valence-corrected chi connectivity index (χ3v) is 5.26. The maximum atomic E-state index is 12.5. The first-order chi connectivity index (χ1) is 11.5. The third-order valence-electron chi connectivity index (χ3n) is 4.50. The highest BCUT2D eigenvalue weighted by atomic mass is 32.1. The summed E-state index contributed by atoms with van der Waals surface area (Å²) in [6.45, 7) is 2.03. The molecule has 0 unspecified atom stereocenters. The van der Waals surface area contributed by atoms with Gasteiger partial charge in [-0.1, -0.05) is 42.7 Å². The summed E-state index contributed by atoms with van der Waals surface area (Å²) in [4.78, 5) is 28.3. The number of carboxylic acids is 1. The van der Waals surface area contributed by atoms with Gasteiger partial charge in [0.25, 0.3) is 0 Å². The summed E-state index contributed by atoms with van der Waals surface area (Å²) < 4.78 is 0. The molecule has 5 nitrogen and oxygen atoms in total. The molecule has 3 rings (SSSR count). The fraction of sp³-hybridized carbons (Fsp3) is 0.389. The zero-order valence-corrected chi connectivity index (χ0v) is 14.3. The van der Waals surface area contributed by atoms with Crippen LogP contribution in [0.4, 0.5) is 5.13 Å². The molecule has 6 heteroatoms. The van der Waals surface area contributed by atoms with Gasteiger partial charge in [-0.15, -0.1) is 11.3 Å². The number of amides is 1. The quantitative estimate of drug-likeness (QED) is 0.880. The van der Waals surface area contributed by atoms with Gasteiger partial charge in [-0.25, -0.2) is 4.98 Å². The molecule has 2 atom stereocenters. The minimum atomic E-state index is -0.880. The molecule has 1 amide bonds. The van der Waals surface area contributed by atoms with E-state index in [1.54, 1.807) is 0 Å². The summed E-state index contributed by atoms with van der Waals surface area (Å²) in [6.07, 6.45) is 2.96. The molecule has 24 heavy (non-hydrogen) atoms. The van der Waals surface area contributed by atoms with Gasteiger partial charge in [0, 0.05) is 10.9 Å². The summed E-state index contributed by atoms with van der Waals surface area (Å²) in [7, 11) is 0. The fourth-order valence-corrected chi connectivity index (χ4v) is 3.85. The van der Waals surface area contributed by atoms with Gasteiger partial charge >= 0.3 is 5.97 Å². The van der Waals surface area contributed by atoms with Gasteiger partial charge in [0.2, 0.25) is 5.91 Å². The largest absolute Gasteiger partial charge is 0.481 e. The van der Waals surface area contributed by atoms with E-state index in [1.165, 1.54) is 16.9 Å². The molecule has 126 valence electrons. The number of carboxylic acid groups (broad SMARTS) is 1. The van der Waals surface area contributed by atoms with E-state index in [2.05, 4.69) is 10.3 Å². The van der Waals surface area contributed by atoms with Crippen molar-refractivity contribution in [1.29, 1.82) is 0 Å². The molecule has 2 N–H and O–H groups in total. The lowest BCUT2D eigenvalue weighted by atomic mass is 9.79. The van der Waals surface area contributed by atoms with Crippen molar-refractivity contribution in [2.45, 2.75) is 32.6 Å². The SMILES string of the molecule is Cc1ccc(-c2csc(NC(=O)[C@H]3CCCC[C@@H]3C(=O)O)n2)cc1. The van der Waals surface area contributed by atoms with Crippen LogP contribution in [0.15, 0.2) is 29.6 Å². The van der Waals surface area contributed by atoms with Crippen molar-refractivity contribution >= 4 is 28.3 Å². The van der Waals surface area contributed by atoms with E-state index in [4.69, 9.17) is 0 Å². The number of nitrogens with zero attached hydrogens (tertiary/aromatic N) is 1. The van der Waals surface area contributed by atoms with Crippen molar-refractivity contribution in [3.8, 4) is 11.3 Å². The van der Waals surface area contributed by atoms with Crippen LogP contribution in [0, 0.1) is 18.8 Å². The first kappa shape index (κ1) is 16.6. The van der Waals surface area contributed by atoms with Gasteiger partial charge in [-0.2, -0.15) is 0 Å². The van der Waals surface area contributed by atoms with Crippen LogP contribution in [-0.4, -0.2) is 22.0 Å². The predicted octanol–water partition coefficient (Wildman–Crippen LogP) is 3.95. The summed E-state index contributed by atoms with van der Waals surface area (Å²) in [5, 5.41) is 14.5. The number of aromatic nitrogens is 1. The Morgan fingerprint density at radius 3 is 2.50 bits per heavy atom. The number of carbonyl (C=O) groups is 2. The van der Waals surface area contributed by atoms with E-state index < -0.39 is 17.8 Å². The smallest absolute Gasteiger partial charge is 0.307 e.